The Morgan fingerprint density at radius 3 is 1.95 bits per heavy atom. The first-order valence-electron chi connectivity index (χ1n) is 20.8. The van der Waals surface area contributed by atoms with E-state index in [0.29, 0.717) is 30.3 Å². The van der Waals surface area contributed by atoms with Gasteiger partial charge in [-0.1, -0.05) is 125 Å². The van der Waals surface area contributed by atoms with Gasteiger partial charge in [-0.25, -0.2) is 0 Å². The molecule has 55 heavy (non-hydrogen) atoms. The van der Waals surface area contributed by atoms with Crippen molar-refractivity contribution in [2.24, 2.45) is 0 Å². The van der Waals surface area contributed by atoms with Gasteiger partial charge in [-0.05, 0) is 70.6 Å². The van der Waals surface area contributed by atoms with E-state index in [9.17, 15) is 24.2 Å². The summed E-state index contributed by atoms with van der Waals surface area (Å²) >= 11 is 0. The van der Waals surface area contributed by atoms with Crippen molar-refractivity contribution in [1.82, 2.24) is 0 Å². The van der Waals surface area contributed by atoms with Crippen LogP contribution in [-0.2, 0) is 32.7 Å². The predicted molar refractivity (Wildman–Crippen MR) is 223 cm³/mol. The first kappa shape index (κ1) is 52.4. The average molecular weight is 794 g/mol. The van der Waals surface area contributed by atoms with E-state index < -0.39 is 38.6 Å². The summed E-state index contributed by atoms with van der Waals surface area (Å²) < 4.78 is 33.7. The second-order valence-corrected chi connectivity index (χ2v) is 16.2. The minimum absolute atomic E-state index is 0.0579. The maximum absolute atomic E-state index is 12.6. The number of carbonyl (C=O) groups excluding carboxylic acids is 2. The van der Waals surface area contributed by atoms with Crippen LogP contribution in [0, 0.1) is 0 Å². The number of carbonyl (C=O) groups is 2. The number of unbranched alkanes of at least 4 members (excludes halogenated alkanes) is 9. The Kier molecular flexibility index (Phi) is 34.1. The van der Waals surface area contributed by atoms with Gasteiger partial charge in [-0.2, -0.15) is 0 Å². The highest BCUT2D eigenvalue weighted by molar-refractivity contribution is 7.45. The van der Waals surface area contributed by atoms with Crippen LogP contribution in [0.4, 0.5) is 0 Å². The van der Waals surface area contributed by atoms with E-state index in [4.69, 9.17) is 18.5 Å². The molecule has 0 aliphatic heterocycles. The number of quaternary nitrogens is 1. The fraction of sp³-hybridized carbons (Fsp3) is 0.682. The van der Waals surface area contributed by atoms with Gasteiger partial charge in [0.05, 0.1) is 33.9 Å². The SMILES string of the molecule is CC/C=C/C/C=C/C=C/C(O)CCCCCCCC(=O)OC[C@H](COP(=O)([O-])OCC[N+](C)(C)C)OC(=O)CCCC/C=C\C/C=C\C/C=C\CCCCC. The van der Waals surface area contributed by atoms with Crippen LogP contribution in [-0.4, -0.2) is 81.2 Å². The lowest BCUT2D eigenvalue weighted by atomic mass is 10.1. The van der Waals surface area contributed by atoms with Crippen molar-refractivity contribution in [1.29, 1.82) is 0 Å². The molecular formula is C44H76NO9P. The molecule has 0 radical (unpaired) electrons. The first-order valence-corrected chi connectivity index (χ1v) is 22.2. The minimum Gasteiger partial charge on any atom is -0.756 e. The number of ether oxygens (including phenoxy) is 2. The highest BCUT2D eigenvalue weighted by Crippen LogP contribution is 2.38. The number of aliphatic hydroxyl groups is 1. The third kappa shape index (κ3) is 39.4. The number of nitrogens with zero attached hydrogens (tertiary/aromatic N) is 1. The average Bonchev–Trinajstić information content (AvgIpc) is 3.12. The molecule has 0 fully saturated rings. The quantitative estimate of drug-likeness (QED) is 0.0165. The molecule has 0 aliphatic rings. The van der Waals surface area contributed by atoms with Gasteiger partial charge >= 0.3 is 11.9 Å². The monoisotopic (exact) mass is 794 g/mol. The Bertz CT molecular complexity index is 1190. The van der Waals surface area contributed by atoms with E-state index in [1.807, 2.05) is 39.4 Å². The fourth-order valence-electron chi connectivity index (χ4n) is 5.02. The summed E-state index contributed by atoms with van der Waals surface area (Å²) in [7, 11) is 1.07. The lowest BCUT2D eigenvalue weighted by Gasteiger charge is -2.28. The Labute approximate surface area is 334 Å². The van der Waals surface area contributed by atoms with Gasteiger partial charge in [0.2, 0.25) is 0 Å². The van der Waals surface area contributed by atoms with Crippen LogP contribution in [0.2, 0.25) is 0 Å². The van der Waals surface area contributed by atoms with Crippen LogP contribution < -0.4 is 4.89 Å². The Morgan fingerprint density at radius 2 is 1.27 bits per heavy atom. The third-order valence-corrected chi connectivity index (χ3v) is 9.28. The van der Waals surface area contributed by atoms with Crippen LogP contribution >= 0.6 is 7.82 Å². The summed E-state index contributed by atoms with van der Waals surface area (Å²) in [6.45, 7) is 3.88. The summed E-state index contributed by atoms with van der Waals surface area (Å²) in [6.07, 6.45) is 39.5. The third-order valence-electron chi connectivity index (χ3n) is 8.31. The zero-order valence-corrected chi connectivity index (χ0v) is 35.8. The van der Waals surface area contributed by atoms with Crippen LogP contribution in [0.1, 0.15) is 136 Å². The minimum atomic E-state index is -4.66. The molecule has 2 unspecified atom stereocenters. The lowest BCUT2D eigenvalue weighted by Crippen LogP contribution is -2.37. The van der Waals surface area contributed by atoms with Crippen molar-refractivity contribution in [3.05, 3.63) is 72.9 Å². The number of rotatable bonds is 36. The van der Waals surface area contributed by atoms with Crippen LogP contribution in [0.15, 0.2) is 72.9 Å². The molecule has 0 aromatic carbocycles. The van der Waals surface area contributed by atoms with Crippen molar-refractivity contribution in [2.75, 3.05) is 47.5 Å². The number of allylic oxidation sites excluding steroid dienone is 11. The van der Waals surface area contributed by atoms with Crippen molar-refractivity contribution in [2.45, 2.75) is 148 Å². The van der Waals surface area contributed by atoms with Gasteiger partial charge in [0.1, 0.15) is 19.8 Å². The van der Waals surface area contributed by atoms with E-state index in [0.717, 1.165) is 70.6 Å². The largest absolute Gasteiger partial charge is 0.756 e. The summed E-state index contributed by atoms with van der Waals surface area (Å²) in [5.74, 6) is -0.965. The Balaban J connectivity index is 4.57. The molecule has 11 heteroatoms. The van der Waals surface area contributed by atoms with Gasteiger partial charge in [0, 0.05) is 12.8 Å². The van der Waals surface area contributed by atoms with Crippen molar-refractivity contribution in [3.8, 4) is 0 Å². The molecule has 0 aromatic heterocycles. The van der Waals surface area contributed by atoms with Crippen molar-refractivity contribution in [3.63, 3.8) is 0 Å². The number of phosphoric acid groups is 1. The van der Waals surface area contributed by atoms with Gasteiger partial charge in [-0.15, -0.1) is 0 Å². The van der Waals surface area contributed by atoms with Gasteiger partial charge < -0.3 is 33.0 Å². The number of hydrogen-bond donors (Lipinski definition) is 1. The van der Waals surface area contributed by atoms with Crippen molar-refractivity contribution >= 4 is 19.8 Å². The lowest BCUT2D eigenvalue weighted by molar-refractivity contribution is -0.870. The predicted octanol–water partition coefficient (Wildman–Crippen LogP) is 9.80. The molecule has 10 nitrogen and oxygen atoms in total. The number of likely N-dealkylation sites (N-methyl/N-ethyl adjacent to an activating group) is 1. The van der Waals surface area contributed by atoms with Gasteiger partial charge in [-0.3, -0.25) is 14.2 Å². The molecule has 0 saturated heterocycles. The highest BCUT2D eigenvalue weighted by Gasteiger charge is 2.21. The molecule has 0 aliphatic carbocycles. The van der Waals surface area contributed by atoms with E-state index in [1.54, 1.807) is 6.08 Å². The highest BCUT2D eigenvalue weighted by atomic mass is 31.2. The second kappa shape index (κ2) is 35.8. The van der Waals surface area contributed by atoms with E-state index >= 15 is 0 Å². The van der Waals surface area contributed by atoms with Gasteiger partial charge in [0.25, 0.3) is 7.82 Å². The molecule has 0 aromatic rings. The Morgan fingerprint density at radius 1 is 0.691 bits per heavy atom. The molecule has 0 rings (SSSR count). The number of esters is 2. The molecule has 0 heterocycles. The van der Waals surface area contributed by atoms with Gasteiger partial charge in [0.15, 0.2) is 6.10 Å². The maximum Gasteiger partial charge on any atom is 0.306 e. The number of aliphatic hydroxyl groups excluding tert-OH is 1. The standard InChI is InChI=1S/C44H76NO9P/c1-6-8-10-12-14-15-16-17-18-19-20-21-23-27-32-36-44(48)54-42(40-53-55(49,50)52-38-37-45(3,4)5)39-51-43(47)35-31-28-24-26-30-34-41(46)33-29-25-22-13-11-9-7-2/h9,11,14-15,17-18,20-22,25,29,33,41-42,46H,6-8,10,12-13,16,19,23-24,26-28,30-32,34-40H2,1-5H3/b11-9+,15-14-,18-17-,21-20-,25-22+,33-29+/t41?,42-/m1/s1. The molecule has 1 N–H and O–H groups in total. The normalized spacial score (nSPS) is 15.0. The molecule has 0 amide bonds. The summed E-state index contributed by atoms with van der Waals surface area (Å²) in [4.78, 5) is 37.5. The number of phosphoric ester groups is 1. The van der Waals surface area contributed by atoms with Crippen LogP contribution in [0.3, 0.4) is 0 Å². The zero-order valence-electron chi connectivity index (χ0n) is 35.0. The molecule has 316 valence electrons. The topological polar surface area (TPSA) is 131 Å². The maximum atomic E-state index is 12.6. The molecule has 0 bridgehead atoms. The van der Waals surface area contributed by atoms with Crippen LogP contribution in [0.25, 0.3) is 0 Å². The number of hydrogen-bond acceptors (Lipinski definition) is 9. The zero-order chi connectivity index (χ0) is 40.9. The molecular weight excluding hydrogens is 717 g/mol. The summed E-state index contributed by atoms with van der Waals surface area (Å²) in [5.41, 5.74) is 0. The van der Waals surface area contributed by atoms with E-state index in [2.05, 4.69) is 62.5 Å². The molecule has 3 atom stereocenters. The van der Waals surface area contributed by atoms with Crippen molar-refractivity contribution < 1.29 is 47.2 Å². The summed E-state index contributed by atoms with van der Waals surface area (Å²) in [6, 6.07) is 0. The van der Waals surface area contributed by atoms with Crippen LogP contribution in [0.5, 0.6) is 0 Å². The Hall–Kier alpha value is -2.59. The molecule has 0 saturated carbocycles. The molecule has 0 spiro atoms. The van der Waals surface area contributed by atoms with E-state index in [1.165, 1.54) is 19.3 Å². The fourth-order valence-corrected chi connectivity index (χ4v) is 5.75. The van der Waals surface area contributed by atoms with E-state index in [-0.39, 0.29) is 26.1 Å². The second-order valence-electron chi connectivity index (χ2n) is 14.8. The smallest absolute Gasteiger partial charge is 0.306 e. The summed E-state index contributed by atoms with van der Waals surface area (Å²) in [5, 5.41) is 10.1. The first-order chi connectivity index (χ1) is 26.4.